The minimum absolute atomic E-state index is 0.0109. The fraction of sp³-hybridized carbons (Fsp3) is 0.333. The maximum absolute atomic E-state index is 12.4. The number of anilines is 1. The van der Waals surface area contributed by atoms with Crippen LogP contribution in [0, 0.1) is 0 Å². The van der Waals surface area contributed by atoms with E-state index in [0.29, 0.717) is 12.2 Å². The third kappa shape index (κ3) is 2.33. The topological polar surface area (TPSA) is 70.8 Å². The molecule has 0 radical (unpaired) electrons. The van der Waals surface area contributed by atoms with Crippen molar-refractivity contribution < 1.29 is 0 Å². The van der Waals surface area contributed by atoms with Gasteiger partial charge in [-0.15, -0.1) is 0 Å². The van der Waals surface area contributed by atoms with E-state index in [1.165, 1.54) is 0 Å². The van der Waals surface area contributed by atoms with Gasteiger partial charge in [0.25, 0.3) is 0 Å². The predicted molar refractivity (Wildman–Crippen MR) is 83.1 cm³/mol. The molecule has 0 aliphatic heterocycles. The lowest BCUT2D eigenvalue weighted by molar-refractivity contribution is 0.427. The van der Waals surface area contributed by atoms with Crippen LogP contribution in [0.4, 0.5) is 5.69 Å². The van der Waals surface area contributed by atoms with Gasteiger partial charge in [-0.05, 0) is 37.6 Å². The highest BCUT2D eigenvalue weighted by Gasteiger charge is 2.12. The summed E-state index contributed by atoms with van der Waals surface area (Å²) in [4.78, 5) is 12.4. The molecule has 3 aromatic rings. The van der Waals surface area contributed by atoms with E-state index in [9.17, 15) is 4.79 Å². The number of nitrogens with two attached hydrogens (primary N) is 1. The number of fused-ring (bicyclic) bond motifs is 1. The molecule has 0 unspecified atom stereocenters. The van der Waals surface area contributed by atoms with E-state index in [0.717, 1.165) is 17.5 Å². The van der Waals surface area contributed by atoms with E-state index >= 15 is 0 Å². The van der Waals surface area contributed by atoms with Gasteiger partial charge in [0.1, 0.15) is 0 Å². The van der Waals surface area contributed by atoms with Crippen LogP contribution in [0.3, 0.4) is 0 Å². The minimum Gasteiger partial charge on any atom is -0.399 e. The van der Waals surface area contributed by atoms with Gasteiger partial charge in [0, 0.05) is 31.7 Å². The Labute approximate surface area is 122 Å². The molecule has 6 nitrogen and oxygen atoms in total. The van der Waals surface area contributed by atoms with Gasteiger partial charge in [0.2, 0.25) is 0 Å². The van der Waals surface area contributed by atoms with Crippen LogP contribution >= 0.6 is 0 Å². The van der Waals surface area contributed by atoms with Crippen molar-refractivity contribution in [3.63, 3.8) is 0 Å². The zero-order valence-corrected chi connectivity index (χ0v) is 12.2. The fourth-order valence-electron chi connectivity index (χ4n) is 2.63. The molecular weight excluding hydrogens is 266 g/mol. The van der Waals surface area contributed by atoms with Gasteiger partial charge in [-0.2, -0.15) is 5.10 Å². The monoisotopic (exact) mass is 285 g/mol. The quantitative estimate of drug-likeness (QED) is 0.743. The van der Waals surface area contributed by atoms with Gasteiger partial charge < -0.3 is 5.73 Å². The van der Waals surface area contributed by atoms with Crippen LogP contribution in [0.1, 0.15) is 19.4 Å². The Balaban J connectivity index is 1.92. The lowest BCUT2D eigenvalue weighted by Gasteiger charge is -2.12. The summed E-state index contributed by atoms with van der Waals surface area (Å²) >= 11 is 0. The molecule has 0 aliphatic carbocycles. The average molecular weight is 285 g/mol. The smallest absolute Gasteiger partial charge is 0.328 e. The fourth-order valence-corrected chi connectivity index (χ4v) is 2.63. The number of rotatable bonds is 4. The molecule has 110 valence electrons. The van der Waals surface area contributed by atoms with E-state index < -0.39 is 0 Å². The average Bonchev–Trinajstić information content (AvgIpc) is 3.07. The molecule has 0 amide bonds. The first-order chi connectivity index (χ1) is 10.1. The maximum Gasteiger partial charge on any atom is 0.328 e. The molecule has 6 heteroatoms. The van der Waals surface area contributed by atoms with Crippen molar-refractivity contribution in [1.29, 1.82) is 0 Å². The number of hydrogen-bond donors (Lipinski definition) is 1. The number of aromatic nitrogens is 4. The lowest BCUT2D eigenvalue weighted by atomic mass is 10.2. The number of nitrogen functional groups attached to an aromatic ring is 1. The van der Waals surface area contributed by atoms with E-state index in [1.807, 2.05) is 35.1 Å². The van der Waals surface area contributed by atoms with E-state index in [2.05, 4.69) is 12.0 Å². The van der Waals surface area contributed by atoms with Crippen molar-refractivity contribution >= 4 is 16.7 Å². The summed E-state index contributed by atoms with van der Waals surface area (Å²) in [7, 11) is 1.79. The molecule has 0 spiro atoms. The van der Waals surface area contributed by atoms with Crippen molar-refractivity contribution in [2.45, 2.75) is 25.9 Å². The Morgan fingerprint density at radius 2 is 2.14 bits per heavy atom. The molecule has 2 heterocycles. The van der Waals surface area contributed by atoms with E-state index in [-0.39, 0.29) is 11.7 Å². The van der Waals surface area contributed by atoms with Gasteiger partial charge in [-0.1, -0.05) is 0 Å². The second-order valence-corrected chi connectivity index (χ2v) is 5.37. The van der Waals surface area contributed by atoms with Crippen LogP contribution in [0.15, 0.2) is 41.5 Å². The highest BCUT2D eigenvalue weighted by molar-refractivity contribution is 5.79. The second kappa shape index (κ2) is 5.12. The molecule has 0 fully saturated rings. The number of hydrogen-bond acceptors (Lipinski definition) is 3. The third-order valence-corrected chi connectivity index (χ3v) is 3.92. The molecule has 21 heavy (non-hydrogen) atoms. The van der Waals surface area contributed by atoms with Crippen molar-refractivity contribution in [3.8, 4) is 0 Å². The normalized spacial score (nSPS) is 12.9. The SMILES string of the molecule is C[C@@H](CCn1c(=O)n(C)c2ccc(N)cc21)n1cccn1. The standard InChI is InChI=1S/C15H19N5O/c1-11(20-8-3-7-17-20)6-9-19-14-10-12(16)4-5-13(14)18(2)15(19)21/h3-5,7-8,10-11H,6,9,16H2,1-2H3/t11-/m0/s1. The third-order valence-electron chi connectivity index (χ3n) is 3.92. The largest absolute Gasteiger partial charge is 0.399 e. The van der Waals surface area contributed by atoms with Gasteiger partial charge >= 0.3 is 5.69 Å². The van der Waals surface area contributed by atoms with E-state index in [4.69, 9.17) is 5.73 Å². The van der Waals surface area contributed by atoms with Gasteiger partial charge in [0.05, 0.1) is 17.1 Å². The van der Waals surface area contributed by atoms with E-state index in [1.54, 1.807) is 22.4 Å². The minimum atomic E-state index is -0.0109. The van der Waals surface area contributed by atoms with Gasteiger partial charge in [0.15, 0.2) is 0 Å². The Morgan fingerprint density at radius 1 is 1.33 bits per heavy atom. The Kier molecular flexibility index (Phi) is 3.29. The van der Waals surface area contributed by atoms with Crippen molar-refractivity contribution in [2.24, 2.45) is 7.05 Å². The van der Waals surface area contributed by atoms with Crippen LogP contribution in [-0.4, -0.2) is 18.9 Å². The predicted octanol–water partition coefficient (Wildman–Crippen LogP) is 1.77. The number of aryl methyl sites for hydroxylation is 2. The summed E-state index contributed by atoms with van der Waals surface area (Å²) in [5.74, 6) is 0. The highest BCUT2D eigenvalue weighted by atomic mass is 16.1. The molecule has 0 aliphatic rings. The highest BCUT2D eigenvalue weighted by Crippen LogP contribution is 2.18. The van der Waals surface area contributed by atoms with Crippen LogP contribution in [0.2, 0.25) is 0 Å². The van der Waals surface area contributed by atoms with Crippen LogP contribution in [0.25, 0.3) is 11.0 Å². The zero-order valence-electron chi connectivity index (χ0n) is 12.2. The van der Waals surface area contributed by atoms with Gasteiger partial charge in [-0.25, -0.2) is 4.79 Å². The molecule has 0 saturated carbocycles. The summed E-state index contributed by atoms with van der Waals surface area (Å²) in [5.41, 5.74) is 8.29. The summed E-state index contributed by atoms with van der Waals surface area (Å²) < 4.78 is 5.35. The molecule has 1 aromatic carbocycles. The Bertz CT molecular complexity index is 813. The van der Waals surface area contributed by atoms with Crippen molar-refractivity contribution in [2.75, 3.05) is 5.73 Å². The maximum atomic E-state index is 12.4. The molecule has 2 aromatic heterocycles. The molecule has 0 bridgehead atoms. The van der Waals surface area contributed by atoms with Crippen molar-refractivity contribution in [3.05, 3.63) is 47.1 Å². The second-order valence-electron chi connectivity index (χ2n) is 5.37. The molecule has 0 saturated heterocycles. The number of nitrogens with zero attached hydrogens (tertiary/aromatic N) is 4. The van der Waals surface area contributed by atoms with Gasteiger partial charge in [-0.3, -0.25) is 13.8 Å². The van der Waals surface area contributed by atoms with Crippen LogP contribution in [0.5, 0.6) is 0 Å². The summed E-state index contributed by atoms with van der Waals surface area (Å²) in [6, 6.07) is 7.71. The zero-order chi connectivity index (χ0) is 15.0. The Hall–Kier alpha value is -2.50. The molecule has 3 rings (SSSR count). The molecular formula is C15H19N5O. The van der Waals surface area contributed by atoms with Crippen molar-refractivity contribution in [1.82, 2.24) is 18.9 Å². The number of imidazole rings is 1. The first kappa shape index (κ1) is 13.5. The lowest BCUT2D eigenvalue weighted by Crippen LogP contribution is -2.23. The van der Waals surface area contributed by atoms with Crippen LogP contribution < -0.4 is 11.4 Å². The summed E-state index contributed by atoms with van der Waals surface area (Å²) in [5, 5.41) is 4.24. The Morgan fingerprint density at radius 3 is 2.86 bits per heavy atom. The number of benzene rings is 1. The summed E-state index contributed by atoms with van der Waals surface area (Å²) in [6.07, 6.45) is 4.53. The van der Waals surface area contributed by atoms with Crippen LogP contribution in [-0.2, 0) is 13.6 Å². The first-order valence-electron chi connectivity index (χ1n) is 7.02. The first-order valence-corrected chi connectivity index (χ1v) is 7.02. The summed E-state index contributed by atoms with van der Waals surface area (Å²) in [6.45, 7) is 2.73. The molecule has 2 N–H and O–H groups in total. The molecule has 1 atom stereocenters.